The van der Waals surface area contributed by atoms with E-state index in [1.807, 2.05) is 13.0 Å². The van der Waals surface area contributed by atoms with Crippen LogP contribution in [0.15, 0.2) is 18.2 Å². The van der Waals surface area contributed by atoms with Crippen molar-refractivity contribution in [2.24, 2.45) is 5.92 Å². The Labute approximate surface area is 104 Å². The molecule has 1 unspecified atom stereocenters. The van der Waals surface area contributed by atoms with Crippen molar-refractivity contribution in [3.8, 4) is 5.75 Å². The van der Waals surface area contributed by atoms with E-state index in [1.54, 1.807) is 6.07 Å². The van der Waals surface area contributed by atoms with E-state index in [4.69, 9.17) is 0 Å². The van der Waals surface area contributed by atoms with E-state index in [2.05, 4.69) is 23.9 Å². The Kier molecular flexibility index (Phi) is 2.95. The zero-order valence-corrected chi connectivity index (χ0v) is 10.6. The number of hydrogen-bond acceptors (Lipinski definition) is 2. The zero-order valence-electron chi connectivity index (χ0n) is 10.6. The van der Waals surface area contributed by atoms with Crippen LogP contribution in [0.25, 0.3) is 0 Å². The molecule has 1 aromatic rings. The highest BCUT2D eigenvalue weighted by Crippen LogP contribution is 2.46. The molecule has 0 bridgehead atoms. The van der Waals surface area contributed by atoms with E-state index >= 15 is 0 Å². The fraction of sp³-hybridized carbons (Fsp3) is 0.538. The minimum atomic E-state index is -4.66. The lowest BCUT2D eigenvalue weighted by atomic mass is 9.75. The van der Waals surface area contributed by atoms with E-state index in [9.17, 15) is 13.2 Å². The summed E-state index contributed by atoms with van der Waals surface area (Å²) in [7, 11) is 0. The molecule has 1 aliphatic heterocycles. The number of anilines is 1. The molecule has 1 aromatic carbocycles. The second kappa shape index (κ2) is 4.07. The van der Waals surface area contributed by atoms with Crippen molar-refractivity contribution in [2.45, 2.75) is 32.5 Å². The summed E-state index contributed by atoms with van der Waals surface area (Å²) in [6.45, 7) is 6.80. The molecule has 100 valence electrons. The summed E-state index contributed by atoms with van der Waals surface area (Å²) in [4.78, 5) is 0. The first-order valence-corrected chi connectivity index (χ1v) is 5.87. The minimum absolute atomic E-state index is 0.149. The number of halogens is 3. The molecule has 5 heteroatoms. The van der Waals surface area contributed by atoms with Crippen LogP contribution in [0.4, 0.5) is 18.9 Å². The summed E-state index contributed by atoms with van der Waals surface area (Å²) in [5.74, 6) is 0.178. The first-order valence-electron chi connectivity index (χ1n) is 5.87. The van der Waals surface area contributed by atoms with Gasteiger partial charge in [-0.2, -0.15) is 0 Å². The lowest BCUT2D eigenvalue weighted by Crippen LogP contribution is -2.30. The lowest BCUT2D eigenvalue weighted by Gasteiger charge is -2.28. The molecule has 1 N–H and O–H groups in total. The Bertz CT molecular complexity index is 456. The van der Waals surface area contributed by atoms with Crippen LogP contribution in [0, 0.1) is 5.92 Å². The third-order valence-electron chi connectivity index (χ3n) is 3.77. The van der Waals surface area contributed by atoms with Crippen LogP contribution in [-0.4, -0.2) is 12.9 Å². The molecule has 2 rings (SSSR count). The summed E-state index contributed by atoms with van der Waals surface area (Å²) in [5.41, 5.74) is 1.19. The molecule has 0 aliphatic carbocycles. The van der Waals surface area contributed by atoms with Crippen molar-refractivity contribution in [2.75, 3.05) is 11.9 Å². The summed E-state index contributed by atoms with van der Waals surface area (Å²) < 4.78 is 41.0. The van der Waals surface area contributed by atoms with Crippen LogP contribution in [0.5, 0.6) is 5.75 Å². The average Bonchev–Trinajstić information content (AvgIpc) is 2.57. The van der Waals surface area contributed by atoms with E-state index in [0.717, 1.165) is 5.56 Å². The number of fused-ring (bicyclic) bond motifs is 1. The molecule has 2 nitrogen and oxygen atoms in total. The normalized spacial score (nSPS) is 22.8. The van der Waals surface area contributed by atoms with Gasteiger partial charge in [-0.05, 0) is 17.5 Å². The predicted octanol–water partition coefficient (Wildman–Crippen LogP) is 3.92. The van der Waals surface area contributed by atoms with E-state index < -0.39 is 6.36 Å². The molecule has 0 saturated carbocycles. The first kappa shape index (κ1) is 13.1. The van der Waals surface area contributed by atoms with Crippen LogP contribution >= 0.6 is 0 Å². The smallest absolute Gasteiger partial charge is 0.404 e. The van der Waals surface area contributed by atoms with Gasteiger partial charge in [0.15, 0.2) is 5.75 Å². The van der Waals surface area contributed by atoms with Crippen molar-refractivity contribution in [3.63, 3.8) is 0 Å². The topological polar surface area (TPSA) is 21.3 Å². The molecule has 18 heavy (non-hydrogen) atoms. The number of ether oxygens (including phenoxy) is 1. The maximum Gasteiger partial charge on any atom is 0.573 e. The summed E-state index contributed by atoms with van der Waals surface area (Å²) in [6, 6.07) is 4.80. The fourth-order valence-electron chi connectivity index (χ4n) is 2.28. The molecule has 0 aromatic heterocycles. The summed E-state index contributed by atoms with van der Waals surface area (Å²) in [6.07, 6.45) is -4.66. The molecule has 0 fully saturated rings. The SMILES string of the molecule is CC(C)C1(C)CNc2c(OC(F)(F)F)cccc21. The van der Waals surface area contributed by atoms with Crippen LogP contribution in [0.2, 0.25) is 0 Å². The average molecular weight is 259 g/mol. The number of benzene rings is 1. The molecule has 1 atom stereocenters. The molecule has 0 spiro atoms. The zero-order chi connectivity index (χ0) is 13.6. The van der Waals surface area contributed by atoms with Crippen molar-refractivity contribution in [3.05, 3.63) is 23.8 Å². The molecule has 0 saturated heterocycles. The number of nitrogens with one attached hydrogen (secondary N) is 1. The summed E-state index contributed by atoms with van der Waals surface area (Å²) in [5, 5.41) is 3.04. The Hall–Kier alpha value is -1.39. The fourth-order valence-corrected chi connectivity index (χ4v) is 2.28. The molecular weight excluding hydrogens is 243 g/mol. The van der Waals surface area contributed by atoms with Gasteiger partial charge in [0.1, 0.15) is 0 Å². The van der Waals surface area contributed by atoms with Gasteiger partial charge in [0.25, 0.3) is 0 Å². The highest BCUT2D eigenvalue weighted by Gasteiger charge is 2.40. The quantitative estimate of drug-likeness (QED) is 0.869. The third-order valence-corrected chi connectivity index (χ3v) is 3.77. The second-order valence-corrected chi connectivity index (χ2v) is 5.15. The second-order valence-electron chi connectivity index (χ2n) is 5.15. The van der Waals surface area contributed by atoms with Gasteiger partial charge in [-0.1, -0.05) is 32.9 Å². The highest BCUT2D eigenvalue weighted by atomic mass is 19.4. The predicted molar refractivity (Wildman–Crippen MR) is 63.8 cm³/mol. The van der Waals surface area contributed by atoms with E-state index in [-0.39, 0.29) is 11.2 Å². The first-order chi connectivity index (χ1) is 8.24. The van der Waals surface area contributed by atoms with Crippen LogP contribution in [-0.2, 0) is 5.41 Å². The van der Waals surface area contributed by atoms with Crippen molar-refractivity contribution in [1.29, 1.82) is 0 Å². The van der Waals surface area contributed by atoms with Crippen molar-refractivity contribution < 1.29 is 17.9 Å². The van der Waals surface area contributed by atoms with Gasteiger partial charge < -0.3 is 10.1 Å². The van der Waals surface area contributed by atoms with Crippen molar-refractivity contribution in [1.82, 2.24) is 0 Å². The molecule has 1 aliphatic rings. The minimum Gasteiger partial charge on any atom is -0.404 e. The highest BCUT2D eigenvalue weighted by molar-refractivity contribution is 5.68. The Morgan fingerprint density at radius 3 is 2.56 bits per heavy atom. The van der Waals surface area contributed by atoms with Gasteiger partial charge in [0.2, 0.25) is 0 Å². The Balaban J connectivity index is 2.43. The number of hydrogen-bond donors (Lipinski definition) is 1. The monoisotopic (exact) mass is 259 g/mol. The molecular formula is C13H16F3NO. The Morgan fingerprint density at radius 2 is 2.00 bits per heavy atom. The van der Waals surface area contributed by atoms with Gasteiger partial charge in [-0.25, -0.2) is 0 Å². The van der Waals surface area contributed by atoms with E-state index in [1.165, 1.54) is 6.07 Å². The van der Waals surface area contributed by atoms with Crippen molar-refractivity contribution >= 4 is 5.69 Å². The van der Waals surface area contributed by atoms with Gasteiger partial charge in [-0.15, -0.1) is 13.2 Å². The molecule has 0 amide bonds. The molecule has 1 heterocycles. The van der Waals surface area contributed by atoms with Crippen LogP contribution in [0.3, 0.4) is 0 Å². The molecule has 0 radical (unpaired) electrons. The number of alkyl halides is 3. The van der Waals surface area contributed by atoms with Crippen LogP contribution in [0.1, 0.15) is 26.3 Å². The standard InChI is InChI=1S/C13H16F3NO/c1-8(2)12(3)7-17-11-9(12)5-4-6-10(11)18-13(14,15)16/h4-6,8,17H,7H2,1-3H3. The maximum atomic E-state index is 12.3. The third kappa shape index (κ3) is 2.13. The number of rotatable bonds is 2. The van der Waals surface area contributed by atoms with Gasteiger partial charge >= 0.3 is 6.36 Å². The maximum absolute atomic E-state index is 12.3. The van der Waals surface area contributed by atoms with Gasteiger partial charge in [-0.3, -0.25) is 0 Å². The Morgan fingerprint density at radius 1 is 1.33 bits per heavy atom. The summed E-state index contributed by atoms with van der Waals surface area (Å²) >= 11 is 0. The number of para-hydroxylation sites is 1. The van der Waals surface area contributed by atoms with E-state index in [0.29, 0.717) is 18.2 Å². The van der Waals surface area contributed by atoms with Gasteiger partial charge in [0.05, 0.1) is 5.69 Å². The lowest BCUT2D eigenvalue weighted by molar-refractivity contribution is -0.274. The van der Waals surface area contributed by atoms with Gasteiger partial charge in [0, 0.05) is 12.0 Å². The largest absolute Gasteiger partial charge is 0.573 e. The van der Waals surface area contributed by atoms with Crippen LogP contribution < -0.4 is 10.1 Å².